The molecule has 0 aliphatic carbocycles. The summed E-state index contributed by atoms with van der Waals surface area (Å²) in [4.78, 5) is 11.1. The predicted molar refractivity (Wildman–Crippen MR) is 69.6 cm³/mol. The fraction of sp³-hybridized carbons (Fsp3) is 0.667. The molecule has 92 valence electrons. The number of carbonyl (C=O) groups excluding carboxylic acids is 1. The molecule has 1 heterocycles. The molecule has 0 bridgehead atoms. The number of nitrogens with one attached hydrogen (secondary N) is 1. The minimum Gasteiger partial charge on any atom is -0.274 e. The van der Waals surface area contributed by atoms with Crippen LogP contribution >= 0.6 is 21.6 Å². The molecule has 0 aromatic heterocycles. The zero-order valence-electron chi connectivity index (χ0n) is 9.01. The van der Waals surface area contributed by atoms with Crippen LogP contribution in [-0.2, 0) is 14.8 Å². The van der Waals surface area contributed by atoms with Crippen LogP contribution in [-0.4, -0.2) is 25.8 Å². The van der Waals surface area contributed by atoms with Crippen molar-refractivity contribution in [3.63, 3.8) is 0 Å². The fourth-order valence-electron chi connectivity index (χ4n) is 1.29. The molecule has 16 heavy (non-hydrogen) atoms. The molecule has 0 spiro atoms. The van der Waals surface area contributed by atoms with Gasteiger partial charge in [0.25, 0.3) is 0 Å². The van der Waals surface area contributed by atoms with Crippen LogP contribution in [0.5, 0.6) is 0 Å². The summed E-state index contributed by atoms with van der Waals surface area (Å²) in [7, 11) is 0.158. The van der Waals surface area contributed by atoms with E-state index in [0.29, 0.717) is 5.25 Å². The topological polar surface area (TPSA) is 63.2 Å². The molecule has 7 heteroatoms. The van der Waals surface area contributed by atoms with Crippen LogP contribution < -0.4 is 4.72 Å². The summed E-state index contributed by atoms with van der Waals surface area (Å²) in [5.74, 6) is -0.411. The second-order valence-electron chi connectivity index (χ2n) is 3.60. The van der Waals surface area contributed by atoms with Crippen LogP contribution in [0, 0.1) is 0 Å². The van der Waals surface area contributed by atoms with Gasteiger partial charge in [-0.05, 0) is 18.2 Å². The first kappa shape index (κ1) is 13.9. The molecular weight excluding hydrogens is 266 g/mol. The second kappa shape index (κ2) is 6.56. The van der Waals surface area contributed by atoms with Gasteiger partial charge in [0.15, 0.2) is 0 Å². The van der Waals surface area contributed by atoms with Crippen molar-refractivity contribution >= 4 is 37.5 Å². The Kier molecular flexibility index (Phi) is 5.71. The number of rotatable bonds is 6. The number of hydrogen-bond acceptors (Lipinski definition) is 5. The van der Waals surface area contributed by atoms with Gasteiger partial charge in [-0.25, -0.2) is 8.42 Å². The molecule has 1 aliphatic heterocycles. The Bertz CT molecular complexity index is 364. The highest BCUT2D eigenvalue weighted by Gasteiger charge is 2.11. The molecule has 0 aromatic carbocycles. The highest BCUT2D eigenvalue weighted by Crippen LogP contribution is 2.37. The molecule has 0 radical (unpaired) electrons. The average molecular weight is 281 g/mol. The van der Waals surface area contributed by atoms with Crippen LogP contribution in [0.3, 0.4) is 0 Å². The van der Waals surface area contributed by atoms with Crippen molar-refractivity contribution in [3.8, 4) is 0 Å². The zero-order chi connectivity index (χ0) is 12.0. The van der Waals surface area contributed by atoms with Gasteiger partial charge >= 0.3 is 0 Å². The summed E-state index contributed by atoms with van der Waals surface area (Å²) < 4.78 is 23.4. The lowest BCUT2D eigenvalue weighted by Crippen LogP contribution is -2.28. The third kappa shape index (κ3) is 6.44. The van der Waals surface area contributed by atoms with Gasteiger partial charge in [-0.15, -0.1) is 0 Å². The highest BCUT2D eigenvalue weighted by atomic mass is 33.1. The van der Waals surface area contributed by atoms with Crippen LogP contribution in [0.25, 0.3) is 0 Å². The Labute approximate surface area is 104 Å². The van der Waals surface area contributed by atoms with E-state index in [1.165, 1.54) is 0 Å². The molecule has 0 saturated carbocycles. The summed E-state index contributed by atoms with van der Waals surface area (Å²) in [5, 5.41) is 2.62. The van der Waals surface area contributed by atoms with Crippen LogP contribution in [0.1, 0.15) is 25.7 Å². The fourth-order valence-corrected chi connectivity index (χ4v) is 4.06. The lowest BCUT2D eigenvalue weighted by Gasteiger charge is -2.05. The summed E-state index contributed by atoms with van der Waals surface area (Å²) in [5.41, 5.74) is 0. The predicted octanol–water partition coefficient (Wildman–Crippen LogP) is 1.90. The Morgan fingerprint density at radius 3 is 2.75 bits per heavy atom. The highest BCUT2D eigenvalue weighted by molar-refractivity contribution is 8.78. The Balaban J connectivity index is 2.06. The smallest absolute Gasteiger partial charge is 0.233 e. The molecule has 1 unspecified atom stereocenters. The normalized spacial score (nSPS) is 19.9. The maximum atomic E-state index is 11.1. The largest absolute Gasteiger partial charge is 0.274 e. The van der Waals surface area contributed by atoms with Crippen LogP contribution in [0.15, 0.2) is 11.5 Å². The molecule has 1 rings (SSSR count). The maximum Gasteiger partial charge on any atom is 0.233 e. The minimum atomic E-state index is -3.39. The van der Waals surface area contributed by atoms with Crippen LogP contribution in [0.2, 0.25) is 0 Å². The number of hydrogen-bond donors (Lipinski definition) is 1. The van der Waals surface area contributed by atoms with Crippen molar-refractivity contribution in [2.75, 3.05) is 6.26 Å². The summed E-state index contributed by atoms with van der Waals surface area (Å²) in [6, 6.07) is 0. The van der Waals surface area contributed by atoms with Gasteiger partial charge in [-0.1, -0.05) is 34.1 Å². The van der Waals surface area contributed by atoms with E-state index >= 15 is 0 Å². The van der Waals surface area contributed by atoms with Gasteiger partial charge in [0.2, 0.25) is 15.9 Å². The SMILES string of the molecule is CS(=O)(=O)NC(=O)CCCCC1C=CSS1. The summed E-state index contributed by atoms with van der Waals surface area (Å²) in [6.07, 6.45) is 6.15. The molecule has 4 nitrogen and oxygen atoms in total. The molecule has 1 amide bonds. The monoisotopic (exact) mass is 281 g/mol. The first-order chi connectivity index (χ1) is 7.47. The van der Waals surface area contributed by atoms with Crippen molar-refractivity contribution in [1.29, 1.82) is 0 Å². The lowest BCUT2D eigenvalue weighted by molar-refractivity contribution is -0.119. The van der Waals surface area contributed by atoms with Gasteiger partial charge in [0.05, 0.1) is 6.26 Å². The van der Waals surface area contributed by atoms with Crippen molar-refractivity contribution in [2.24, 2.45) is 0 Å². The molecule has 0 saturated heterocycles. The maximum absolute atomic E-state index is 11.1. The Hall–Kier alpha value is -0.140. The van der Waals surface area contributed by atoms with E-state index in [4.69, 9.17) is 0 Å². The van der Waals surface area contributed by atoms with E-state index in [9.17, 15) is 13.2 Å². The second-order valence-corrected chi connectivity index (χ2v) is 7.77. The Morgan fingerprint density at radius 2 is 2.19 bits per heavy atom. The minimum absolute atomic E-state index is 0.279. The molecule has 1 N–H and O–H groups in total. The van der Waals surface area contributed by atoms with Gasteiger partial charge in [-0.3, -0.25) is 9.52 Å². The van der Waals surface area contributed by atoms with Crippen molar-refractivity contribution in [3.05, 3.63) is 11.5 Å². The van der Waals surface area contributed by atoms with Crippen molar-refractivity contribution in [1.82, 2.24) is 4.72 Å². The van der Waals surface area contributed by atoms with E-state index in [0.717, 1.165) is 25.5 Å². The molecule has 0 aromatic rings. The number of amides is 1. The quantitative estimate of drug-likeness (QED) is 0.595. The standard InChI is InChI=1S/C9H15NO3S3/c1-16(12,13)10-9(11)5-3-2-4-8-6-7-14-15-8/h6-8H,2-5H2,1H3,(H,10,11). The van der Waals surface area contributed by atoms with E-state index in [2.05, 4.69) is 11.5 Å². The average Bonchev–Trinajstić information content (AvgIpc) is 2.62. The Morgan fingerprint density at radius 1 is 1.44 bits per heavy atom. The molecule has 1 aliphatic rings. The summed E-state index contributed by atoms with van der Waals surface area (Å²) >= 11 is 0. The van der Waals surface area contributed by atoms with Crippen LogP contribution in [0.4, 0.5) is 0 Å². The van der Waals surface area contributed by atoms with Gasteiger partial charge in [-0.2, -0.15) is 0 Å². The number of sulfonamides is 1. The third-order valence-electron chi connectivity index (χ3n) is 1.97. The molecular formula is C9H15NO3S3. The lowest BCUT2D eigenvalue weighted by atomic mass is 10.1. The number of carbonyl (C=O) groups is 1. The van der Waals surface area contributed by atoms with Gasteiger partial charge in [0.1, 0.15) is 0 Å². The third-order valence-corrected chi connectivity index (χ3v) is 5.00. The van der Waals surface area contributed by atoms with E-state index in [1.54, 1.807) is 10.8 Å². The summed E-state index contributed by atoms with van der Waals surface area (Å²) in [6.45, 7) is 0. The molecule has 1 atom stereocenters. The number of unbranched alkanes of at least 4 members (excludes halogenated alkanes) is 1. The van der Waals surface area contributed by atoms with Gasteiger partial charge in [0, 0.05) is 11.7 Å². The van der Waals surface area contributed by atoms with E-state index in [-0.39, 0.29) is 6.42 Å². The first-order valence-electron chi connectivity index (χ1n) is 4.97. The first-order valence-corrected chi connectivity index (χ1v) is 9.13. The van der Waals surface area contributed by atoms with E-state index in [1.807, 2.05) is 15.5 Å². The zero-order valence-corrected chi connectivity index (χ0v) is 11.5. The molecule has 0 fully saturated rings. The van der Waals surface area contributed by atoms with Crippen molar-refractivity contribution < 1.29 is 13.2 Å². The van der Waals surface area contributed by atoms with Crippen molar-refractivity contribution in [2.45, 2.75) is 30.9 Å². The van der Waals surface area contributed by atoms with Gasteiger partial charge < -0.3 is 0 Å². The van der Waals surface area contributed by atoms with E-state index < -0.39 is 15.9 Å².